The Morgan fingerprint density at radius 1 is 0.750 bits per heavy atom. The summed E-state index contributed by atoms with van der Waals surface area (Å²) in [6, 6.07) is 27.2. The molecule has 3 aromatic carbocycles. The van der Waals surface area contributed by atoms with Gasteiger partial charge in [0.2, 0.25) is 0 Å². The lowest BCUT2D eigenvalue weighted by Gasteiger charge is -2.09. The Kier molecular flexibility index (Phi) is 6.26. The average molecular weight is 423 g/mol. The molecule has 1 aromatic heterocycles. The second-order valence-corrected chi connectivity index (χ2v) is 8.10. The molecule has 0 fully saturated rings. The summed E-state index contributed by atoms with van der Waals surface area (Å²) in [6.07, 6.45) is 0. The summed E-state index contributed by atoms with van der Waals surface area (Å²) in [6.45, 7) is 6.35. The number of nitrogens with one attached hydrogen (secondary N) is 2. The Labute approximate surface area is 188 Å². The van der Waals surface area contributed by atoms with E-state index in [0.29, 0.717) is 17.3 Å². The lowest BCUT2D eigenvalue weighted by atomic mass is 10.0. The first-order valence-electron chi connectivity index (χ1n) is 10.7. The SMILES string of the molecule is Cc1ccc(-c2ccc(Nc3ccc(C(=O)Nc4ccc(C(C)C)cc4)cc3)nn2)cc1. The fraction of sp³-hybridized carbons (Fsp3) is 0.148. The van der Waals surface area contributed by atoms with Crippen LogP contribution >= 0.6 is 0 Å². The van der Waals surface area contributed by atoms with E-state index in [4.69, 9.17) is 0 Å². The molecule has 4 rings (SSSR count). The lowest BCUT2D eigenvalue weighted by molar-refractivity contribution is 0.102. The summed E-state index contributed by atoms with van der Waals surface area (Å²) < 4.78 is 0. The number of aromatic nitrogens is 2. The van der Waals surface area contributed by atoms with Crippen LogP contribution in [0.15, 0.2) is 84.9 Å². The largest absolute Gasteiger partial charge is 0.339 e. The smallest absolute Gasteiger partial charge is 0.255 e. The number of anilines is 3. The Hall–Kier alpha value is -3.99. The summed E-state index contributed by atoms with van der Waals surface area (Å²) in [5.74, 6) is 0.961. The average Bonchev–Trinajstić information content (AvgIpc) is 2.81. The van der Waals surface area contributed by atoms with Crippen molar-refractivity contribution in [3.05, 3.63) is 102 Å². The van der Waals surface area contributed by atoms with Gasteiger partial charge in [0.05, 0.1) is 5.69 Å². The van der Waals surface area contributed by atoms with Crippen LogP contribution in [0.25, 0.3) is 11.3 Å². The van der Waals surface area contributed by atoms with Crippen LogP contribution in [0, 0.1) is 6.92 Å². The van der Waals surface area contributed by atoms with E-state index in [1.165, 1.54) is 11.1 Å². The number of rotatable bonds is 6. The molecular formula is C27H26N4O. The number of aryl methyl sites for hydroxylation is 1. The number of carbonyl (C=O) groups excluding carboxylic acids is 1. The van der Waals surface area contributed by atoms with E-state index in [1.54, 1.807) is 12.1 Å². The highest BCUT2D eigenvalue weighted by molar-refractivity contribution is 6.04. The van der Waals surface area contributed by atoms with E-state index in [9.17, 15) is 4.79 Å². The molecule has 0 unspecified atom stereocenters. The first-order chi connectivity index (χ1) is 15.5. The molecule has 0 atom stereocenters. The Morgan fingerprint density at radius 2 is 1.41 bits per heavy atom. The molecule has 4 aromatic rings. The van der Waals surface area contributed by atoms with Crippen LogP contribution in [0.5, 0.6) is 0 Å². The topological polar surface area (TPSA) is 66.9 Å². The van der Waals surface area contributed by atoms with Gasteiger partial charge in [-0.3, -0.25) is 4.79 Å². The fourth-order valence-corrected chi connectivity index (χ4v) is 3.28. The zero-order chi connectivity index (χ0) is 22.5. The van der Waals surface area contributed by atoms with Gasteiger partial charge in [-0.2, -0.15) is 0 Å². The van der Waals surface area contributed by atoms with Gasteiger partial charge in [-0.05, 0) is 66.9 Å². The molecule has 1 heterocycles. The third kappa shape index (κ3) is 5.19. The van der Waals surface area contributed by atoms with E-state index in [2.05, 4.69) is 53.7 Å². The highest BCUT2D eigenvalue weighted by atomic mass is 16.1. The van der Waals surface area contributed by atoms with Gasteiger partial charge in [0.25, 0.3) is 5.91 Å². The van der Waals surface area contributed by atoms with Gasteiger partial charge in [-0.15, -0.1) is 10.2 Å². The van der Waals surface area contributed by atoms with Gasteiger partial charge in [0, 0.05) is 22.5 Å². The lowest BCUT2D eigenvalue weighted by Crippen LogP contribution is -2.11. The summed E-state index contributed by atoms with van der Waals surface area (Å²) >= 11 is 0. The van der Waals surface area contributed by atoms with Crippen LogP contribution in [0.4, 0.5) is 17.2 Å². The molecule has 5 heteroatoms. The molecule has 5 nitrogen and oxygen atoms in total. The summed E-state index contributed by atoms with van der Waals surface area (Å²) in [5, 5.41) is 14.7. The third-order valence-electron chi connectivity index (χ3n) is 5.27. The van der Waals surface area contributed by atoms with Gasteiger partial charge in [-0.25, -0.2) is 0 Å². The number of amides is 1. The van der Waals surface area contributed by atoms with Gasteiger partial charge in [-0.1, -0.05) is 55.8 Å². The van der Waals surface area contributed by atoms with Crippen molar-refractivity contribution in [1.29, 1.82) is 0 Å². The molecule has 0 bridgehead atoms. The molecule has 1 amide bonds. The molecule has 160 valence electrons. The minimum Gasteiger partial charge on any atom is -0.339 e. The van der Waals surface area contributed by atoms with Crippen LogP contribution in [-0.2, 0) is 0 Å². The third-order valence-corrected chi connectivity index (χ3v) is 5.27. The minimum absolute atomic E-state index is 0.143. The molecule has 0 aliphatic rings. The van der Waals surface area contributed by atoms with E-state index < -0.39 is 0 Å². The van der Waals surface area contributed by atoms with Gasteiger partial charge >= 0.3 is 0 Å². The maximum Gasteiger partial charge on any atom is 0.255 e. The Morgan fingerprint density at radius 3 is 2.00 bits per heavy atom. The zero-order valence-corrected chi connectivity index (χ0v) is 18.5. The summed E-state index contributed by atoms with van der Waals surface area (Å²) in [5.41, 5.74) is 6.51. The van der Waals surface area contributed by atoms with Gasteiger partial charge in [0.15, 0.2) is 5.82 Å². The van der Waals surface area contributed by atoms with Crippen LogP contribution < -0.4 is 10.6 Å². The normalized spacial score (nSPS) is 10.8. The van der Waals surface area contributed by atoms with Crippen LogP contribution in [0.2, 0.25) is 0 Å². The van der Waals surface area contributed by atoms with Crippen LogP contribution in [0.1, 0.15) is 41.3 Å². The molecule has 0 radical (unpaired) electrons. The highest BCUT2D eigenvalue weighted by Gasteiger charge is 2.08. The number of carbonyl (C=O) groups is 1. The first kappa shape index (κ1) is 21.2. The Bertz CT molecular complexity index is 1180. The highest BCUT2D eigenvalue weighted by Crippen LogP contribution is 2.21. The monoisotopic (exact) mass is 422 g/mol. The first-order valence-corrected chi connectivity index (χ1v) is 10.7. The number of nitrogens with zero attached hydrogens (tertiary/aromatic N) is 2. The molecule has 2 N–H and O–H groups in total. The standard InChI is InChI=1S/C27H26N4O/c1-18(2)20-8-12-24(13-9-20)29-27(32)22-10-14-23(15-11-22)28-26-17-16-25(30-31-26)21-6-4-19(3)5-7-21/h4-18H,1-3H3,(H,28,31)(H,29,32). The Balaban J connectivity index is 1.38. The van der Waals surface area contributed by atoms with Crippen molar-refractivity contribution >= 4 is 23.1 Å². The van der Waals surface area contributed by atoms with Crippen molar-refractivity contribution in [2.45, 2.75) is 26.7 Å². The fourth-order valence-electron chi connectivity index (χ4n) is 3.28. The summed E-state index contributed by atoms with van der Waals surface area (Å²) in [4.78, 5) is 12.5. The molecule has 0 saturated carbocycles. The van der Waals surface area contributed by atoms with Crippen molar-refractivity contribution < 1.29 is 4.79 Å². The van der Waals surface area contributed by atoms with Crippen molar-refractivity contribution in [2.24, 2.45) is 0 Å². The molecule has 0 aliphatic carbocycles. The maximum atomic E-state index is 12.5. The van der Waals surface area contributed by atoms with E-state index in [-0.39, 0.29) is 5.91 Å². The van der Waals surface area contributed by atoms with Crippen LogP contribution in [0.3, 0.4) is 0 Å². The number of hydrogen-bond donors (Lipinski definition) is 2. The zero-order valence-electron chi connectivity index (χ0n) is 18.5. The molecule has 0 saturated heterocycles. The summed E-state index contributed by atoms with van der Waals surface area (Å²) in [7, 11) is 0. The van der Waals surface area contributed by atoms with E-state index in [1.807, 2.05) is 60.7 Å². The predicted octanol–water partition coefficient (Wildman–Crippen LogP) is 6.57. The van der Waals surface area contributed by atoms with E-state index >= 15 is 0 Å². The molecule has 0 aliphatic heterocycles. The van der Waals surface area contributed by atoms with Crippen molar-refractivity contribution in [3.8, 4) is 11.3 Å². The maximum absolute atomic E-state index is 12.5. The van der Waals surface area contributed by atoms with Gasteiger partial charge < -0.3 is 10.6 Å². The van der Waals surface area contributed by atoms with Crippen molar-refractivity contribution in [3.63, 3.8) is 0 Å². The molecule has 32 heavy (non-hydrogen) atoms. The molecule has 0 spiro atoms. The minimum atomic E-state index is -0.143. The molecular weight excluding hydrogens is 396 g/mol. The second-order valence-electron chi connectivity index (χ2n) is 8.10. The second kappa shape index (κ2) is 9.43. The van der Waals surface area contributed by atoms with Gasteiger partial charge in [0.1, 0.15) is 0 Å². The van der Waals surface area contributed by atoms with Crippen molar-refractivity contribution in [1.82, 2.24) is 10.2 Å². The number of hydrogen-bond acceptors (Lipinski definition) is 4. The predicted molar refractivity (Wildman–Crippen MR) is 130 cm³/mol. The van der Waals surface area contributed by atoms with E-state index in [0.717, 1.165) is 22.6 Å². The quantitative estimate of drug-likeness (QED) is 0.369. The van der Waals surface area contributed by atoms with Crippen LogP contribution in [-0.4, -0.2) is 16.1 Å². The van der Waals surface area contributed by atoms with Crippen molar-refractivity contribution in [2.75, 3.05) is 10.6 Å². The number of benzene rings is 3.